The van der Waals surface area contributed by atoms with Crippen LogP contribution in [0.5, 0.6) is 0 Å². The van der Waals surface area contributed by atoms with Gasteiger partial charge in [-0.2, -0.15) is 0 Å². The molecule has 262 valence electrons. The summed E-state index contributed by atoms with van der Waals surface area (Å²) in [6.07, 6.45) is 35.4. The van der Waals surface area contributed by atoms with Crippen LogP contribution in [0, 0.1) is 0 Å². The van der Waals surface area contributed by atoms with Crippen molar-refractivity contribution in [1.29, 1.82) is 0 Å². The summed E-state index contributed by atoms with van der Waals surface area (Å²) in [6, 6.07) is 0.968. The minimum atomic E-state index is -2.43. The highest BCUT2D eigenvalue weighted by Crippen LogP contribution is 2.21. The third kappa shape index (κ3) is 30.8. The Labute approximate surface area is 279 Å². The Bertz CT molecular complexity index is 521. The van der Waals surface area contributed by atoms with Crippen LogP contribution in [0.15, 0.2) is 0 Å². The first-order chi connectivity index (χ1) is 20.4. The van der Waals surface area contributed by atoms with Gasteiger partial charge in [0, 0.05) is 25.9 Å². The quantitative estimate of drug-likeness (QED) is 0.0390. The van der Waals surface area contributed by atoms with E-state index >= 15 is 0 Å². The Kier molecular flexibility index (Phi) is 35.6. The summed E-state index contributed by atoms with van der Waals surface area (Å²) in [7, 11) is 2.47. The third-order valence-electron chi connectivity index (χ3n) is 8.96. The lowest BCUT2D eigenvalue weighted by atomic mass is 10.0. The molecule has 0 N–H and O–H groups in total. The van der Waals surface area contributed by atoms with Gasteiger partial charge in [0.15, 0.2) is 0 Å². The molecule has 0 amide bonds. The van der Waals surface area contributed by atoms with Crippen LogP contribution in [-0.2, 0) is 13.3 Å². The van der Waals surface area contributed by atoms with E-state index in [4.69, 9.17) is 13.3 Å². The lowest BCUT2D eigenvalue weighted by Crippen LogP contribution is -3.00. The molecule has 0 aromatic carbocycles. The van der Waals surface area contributed by atoms with Crippen molar-refractivity contribution in [3.63, 3.8) is 0 Å². The summed E-state index contributed by atoms with van der Waals surface area (Å²) in [5.41, 5.74) is 0. The summed E-state index contributed by atoms with van der Waals surface area (Å²) in [6.45, 7) is 13.2. The van der Waals surface area contributed by atoms with Crippen LogP contribution in [0.2, 0.25) is 6.04 Å². The van der Waals surface area contributed by atoms with Gasteiger partial charge in [0.05, 0.1) is 27.2 Å². The number of halogens is 1. The van der Waals surface area contributed by atoms with Gasteiger partial charge in [0.2, 0.25) is 0 Å². The Morgan fingerprint density at radius 3 is 0.907 bits per heavy atom. The summed E-state index contributed by atoms with van der Waals surface area (Å²) in [5, 5.41) is 0. The molecule has 6 heteroatoms. The van der Waals surface area contributed by atoms with Crippen LogP contribution in [0.25, 0.3) is 0 Å². The van der Waals surface area contributed by atoms with Gasteiger partial charge >= 0.3 is 8.80 Å². The maximum atomic E-state index is 5.98. The topological polar surface area (TPSA) is 27.7 Å². The molecular weight excluding hydrogens is 570 g/mol. The Balaban J connectivity index is 0. The molecule has 0 saturated heterocycles. The second-order valence-corrected chi connectivity index (χ2v) is 16.3. The highest BCUT2D eigenvalue weighted by molar-refractivity contribution is 6.60. The van der Waals surface area contributed by atoms with Gasteiger partial charge in [0.25, 0.3) is 0 Å². The van der Waals surface area contributed by atoms with Crippen LogP contribution < -0.4 is 12.4 Å². The Morgan fingerprint density at radius 2 is 0.628 bits per heavy atom. The zero-order chi connectivity index (χ0) is 31.0. The molecule has 0 aliphatic carbocycles. The summed E-state index contributed by atoms with van der Waals surface area (Å²) in [5.74, 6) is 0. The van der Waals surface area contributed by atoms with Crippen molar-refractivity contribution in [2.24, 2.45) is 0 Å². The van der Waals surface area contributed by atoms with E-state index in [1.807, 2.05) is 20.8 Å². The lowest BCUT2D eigenvalue weighted by molar-refractivity contribution is -0.890. The van der Waals surface area contributed by atoms with Gasteiger partial charge in [-0.05, 0) is 52.9 Å². The molecular formula is C37H80ClNO3Si. The molecule has 0 saturated carbocycles. The van der Waals surface area contributed by atoms with Crippen molar-refractivity contribution in [3.05, 3.63) is 0 Å². The van der Waals surface area contributed by atoms with E-state index in [0.29, 0.717) is 19.8 Å². The van der Waals surface area contributed by atoms with Crippen molar-refractivity contribution in [3.8, 4) is 0 Å². The van der Waals surface area contributed by atoms with Crippen molar-refractivity contribution in [1.82, 2.24) is 0 Å². The molecule has 0 atom stereocenters. The average Bonchev–Trinajstić information content (AvgIpc) is 2.96. The number of hydrogen-bond donors (Lipinski definition) is 0. The maximum Gasteiger partial charge on any atom is 0.500 e. The third-order valence-corrected chi connectivity index (χ3v) is 12.1. The SMILES string of the molecule is CCCCCCCCCCCCCCCCCC[N+](C)(C)CCCCCCCCCCC[Si](OCC)(OCC)OCC.[Cl-]. The van der Waals surface area contributed by atoms with Crippen LogP contribution in [0.1, 0.15) is 188 Å². The lowest BCUT2D eigenvalue weighted by Gasteiger charge is -2.30. The summed E-state index contributed by atoms with van der Waals surface area (Å²) < 4.78 is 19.2. The van der Waals surface area contributed by atoms with Gasteiger partial charge in [-0.3, -0.25) is 0 Å². The van der Waals surface area contributed by atoms with Crippen molar-refractivity contribution in [2.45, 2.75) is 194 Å². The largest absolute Gasteiger partial charge is 1.00 e. The van der Waals surface area contributed by atoms with E-state index in [9.17, 15) is 0 Å². The molecule has 0 rings (SSSR count). The highest BCUT2D eigenvalue weighted by atomic mass is 35.5. The van der Waals surface area contributed by atoms with E-state index in [2.05, 4.69) is 21.0 Å². The van der Waals surface area contributed by atoms with Gasteiger partial charge in [-0.1, -0.05) is 135 Å². The van der Waals surface area contributed by atoms with E-state index in [0.717, 1.165) is 6.04 Å². The van der Waals surface area contributed by atoms with Crippen LogP contribution in [0.3, 0.4) is 0 Å². The van der Waals surface area contributed by atoms with E-state index < -0.39 is 8.80 Å². The normalized spacial score (nSPS) is 12.1. The fourth-order valence-electron chi connectivity index (χ4n) is 6.32. The molecule has 0 aliphatic heterocycles. The fraction of sp³-hybridized carbons (Fsp3) is 1.00. The monoisotopic (exact) mass is 650 g/mol. The molecule has 43 heavy (non-hydrogen) atoms. The number of rotatable bonds is 35. The Morgan fingerprint density at radius 1 is 0.372 bits per heavy atom. The minimum absolute atomic E-state index is 0. The molecule has 0 aromatic heterocycles. The standard InChI is InChI=1S/C37H80NO3Si.ClH/c1-7-11-12-13-14-15-16-17-18-19-20-21-23-26-29-32-35-38(5,6)36-33-30-27-24-22-25-28-31-34-37-42(39-8-2,40-9-3)41-10-4;/h7-37H2,1-6H3;1H/q+1;/p-1. The summed E-state index contributed by atoms with van der Waals surface area (Å²) in [4.78, 5) is 0. The van der Waals surface area contributed by atoms with Gasteiger partial charge < -0.3 is 30.2 Å². The molecule has 0 spiro atoms. The molecule has 0 radical (unpaired) electrons. The predicted molar refractivity (Wildman–Crippen MR) is 188 cm³/mol. The fourth-order valence-corrected chi connectivity index (χ4v) is 9.01. The molecule has 0 aromatic rings. The molecule has 0 unspecified atom stereocenters. The minimum Gasteiger partial charge on any atom is -1.00 e. The molecule has 0 fully saturated rings. The number of quaternary nitrogens is 1. The van der Waals surface area contributed by atoms with E-state index in [-0.39, 0.29) is 12.4 Å². The van der Waals surface area contributed by atoms with Crippen molar-refractivity contribution in [2.75, 3.05) is 47.0 Å². The van der Waals surface area contributed by atoms with Gasteiger partial charge in [0.1, 0.15) is 0 Å². The maximum absolute atomic E-state index is 5.98. The second-order valence-electron chi connectivity index (χ2n) is 13.6. The highest BCUT2D eigenvalue weighted by Gasteiger charge is 2.39. The van der Waals surface area contributed by atoms with E-state index in [1.165, 1.54) is 178 Å². The van der Waals surface area contributed by atoms with Crippen molar-refractivity contribution < 1.29 is 30.2 Å². The zero-order valence-electron chi connectivity index (χ0n) is 30.5. The molecule has 0 aliphatic rings. The average molecular weight is 651 g/mol. The van der Waals surface area contributed by atoms with Gasteiger partial charge in [-0.15, -0.1) is 0 Å². The number of hydrogen-bond acceptors (Lipinski definition) is 3. The van der Waals surface area contributed by atoms with Gasteiger partial charge in [-0.25, -0.2) is 0 Å². The smallest absolute Gasteiger partial charge is 0.500 e. The van der Waals surface area contributed by atoms with E-state index in [1.54, 1.807) is 0 Å². The molecule has 0 bridgehead atoms. The zero-order valence-corrected chi connectivity index (χ0v) is 32.2. The molecule has 0 heterocycles. The first kappa shape index (κ1) is 45.5. The van der Waals surface area contributed by atoms with Crippen LogP contribution >= 0.6 is 0 Å². The first-order valence-electron chi connectivity index (χ1n) is 19.2. The van der Waals surface area contributed by atoms with Crippen LogP contribution in [-0.4, -0.2) is 60.3 Å². The Hall–Kier alpha value is 0.347. The second kappa shape index (κ2) is 33.7. The van der Waals surface area contributed by atoms with Crippen LogP contribution in [0.4, 0.5) is 0 Å². The van der Waals surface area contributed by atoms with Crippen molar-refractivity contribution >= 4 is 8.80 Å². The predicted octanol–water partition coefficient (Wildman–Crippen LogP) is 8.89. The first-order valence-corrected chi connectivity index (χ1v) is 21.1. The summed E-state index contributed by atoms with van der Waals surface area (Å²) >= 11 is 0. The molecule has 4 nitrogen and oxygen atoms in total. The number of unbranched alkanes of at least 4 members (excludes halogenated alkanes) is 23. The number of nitrogens with zero attached hydrogens (tertiary/aromatic N) is 1.